The maximum absolute atomic E-state index is 12.2. The fraction of sp³-hybridized carbons (Fsp3) is 0.467. The van der Waals surface area contributed by atoms with Crippen LogP contribution in [0.2, 0.25) is 0 Å². The summed E-state index contributed by atoms with van der Waals surface area (Å²) in [6.07, 6.45) is 0.953. The summed E-state index contributed by atoms with van der Waals surface area (Å²) < 4.78 is 5.16. The molecule has 1 aromatic rings. The van der Waals surface area contributed by atoms with Gasteiger partial charge in [0.2, 0.25) is 5.91 Å². The van der Waals surface area contributed by atoms with Crippen LogP contribution in [-0.2, 0) is 9.59 Å². The summed E-state index contributed by atoms with van der Waals surface area (Å²) in [5.74, 6) is -1.15. The summed E-state index contributed by atoms with van der Waals surface area (Å²) in [4.78, 5) is 23.6. The van der Waals surface area contributed by atoms with Gasteiger partial charge < -0.3 is 15.2 Å². The molecule has 5 nitrogen and oxygen atoms in total. The molecule has 0 saturated heterocycles. The van der Waals surface area contributed by atoms with Crippen molar-refractivity contribution in [1.82, 2.24) is 5.32 Å². The lowest BCUT2D eigenvalue weighted by molar-refractivity contribution is -0.147. The normalized spacial score (nSPS) is 14.9. The molecule has 1 amide bonds. The van der Waals surface area contributed by atoms with Crippen LogP contribution in [0.3, 0.4) is 0 Å². The summed E-state index contributed by atoms with van der Waals surface area (Å²) in [5.41, 5.74) is -0.829. The quantitative estimate of drug-likeness (QED) is 0.759. The highest BCUT2D eigenvalue weighted by Crippen LogP contribution is 2.30. The van der Waals surface area contributed by atoms with Gasteiger partial charge in [-0.2, -0.15) is 0 Å². The smallest absolute Gasteiger partial charge is 0.329 e. The zero-order valence-corrected chi connectivity index (χ0v) is 13.1. The molecule has 2 atom stereocenters. The highest BCUT2D eigenvalue weighted by atomic mass is 35.5. The Labute approximate surface area is 129 Å². The molecule has 0 aliphatic heterocycles. The highest BCUT2D eigenvalue weighted by molar-refractivity contribution is 6.31. The lowest BCUT2D eigenvalue weighted by Crippen LogP contribution is -2.52. The first-order chi connectivity index (χ1) is 9.85. The number of amides is 1. The molecule has 0 saturated carbocycles. The van der Waals surface area contributed by atoms with Gasteiger partial charge in [0.1, 0.15) is 16.7 Å². The second-order valence-corrected chi connectivity index (χ2v) is 5.42. The van der Waals surface area contributed by atoms with Crippen LogP contribution in [0.15, 0.2) is 24.3 Å². The molecule has 1 aromatic carbocycles. The number of carboxylic acids is 1. The topological polar surface area (TPSA) is 75.6 Å². The van der Waals surface area contributed by atoms with Crippen LogP contribution in [0.4, 0.5) is 0 Å². The Morgan fingerprint density at radius 1 is 1.43 bits per heavy atom. The summed E-state index contributed by atoms with van der Waals surface area (Å²) in [6, 6.07) is 6.87. The van der Waals surface area contributed by atoms with Crippen molar-refractivity contribution in [2.45, 2.75) is 37.6 Å². The molecule has 2 N–H and O–H groups in total. The Hall–Kier alpha value is -1.75. The maximum atomic E-state index is 12.2. The van der Waals surface area contributed by atoms with Gasteiger partial charge in [0, 0.05) is 5.56 Å². The molecule has 0 heterocycles. The zero-order valence-electron chi connectivity index (χ0n) is 12.4. The van der Waals surface area contributed by atoms with Crippen LogP contribution in [0, 0.1) is 0 Å². The summed E-state index contributed by atoms with van der Waals surface area (Å²) in [7, 11) is 1.48. The van der Waals surface area contributed by atoms with E-state index in [0.717, 1.165) is 0 Å². The number of hydrogen-bond donors (Lipinski definition) is 2. The van der Waals surface area contributed by atoms with E-state index in [1.807, 2.05) is 6.92 Å². The number of carbonyl (C=O) groups excluding carboxylic acids is 1. The van der Waals surface area contributed by atoms with Crippen molar-refractivity contribution in [3.05, 3.63) is 29.8 Å². The summed E-state index contributed by atoms with van der Waals surface area (Å²) in [6.45, 7) is 3.33. The number of benzene rings is 1. The minimum absolute atomic E-state index is 0.323. The molecule has 6 heteroatoms. The molecule has 2 unspecified atom stereocenters. The third kappa shape index (κ3) is 4.11. The second-order valence-electron chi connectivity index (χ2n) is 4.98. The Kier molecular flexibility index (Phi) is 6.03. The number of nitrogens with one attached hydrogen (secondary N) is 1. The van der Waals surface area contributed by atoms with E-state index in [1.165, 1.54) is 14.0 Å². The van der Waals surface area contributed by atoms with Gasteiger partial charge in [-0.15, -0.1) is 11.6 Å². The molecule has 116 valence electrons. The Morgan fingerprint density at radius 3 is 2.57 bits per heavy atom. The lowest BCUT2D eigenvalue weighted by Gasteiger charge is -2.27. The van der Waals surface area contributed by atoms with E-state index >= 15 is 0 Å². The molecule has 0 bridgehead atoms. The van der Waals surface area contributed by atoms with E-state index in [1.54, 1.807) is 24.3 Å². The molecule has 0 spiro atoms. The predicted octanol–water partition coefficient (Wildman–Crippen LogP) is 2.73. The van der Waals surface area contributed by atoms with Crippen molar-refractivity contribution >= 4 is 23.5 Å². The minimum Gasteiger partial charge on any atom is -0.496 e. The Balaban J connectivity index is 2.94. The number of hydrogen-bond acceptors (Lipinski definition) is 3. The Morgan fingerprint density at radius 2 is 2.05 bits per heavy atom. The molecular weight excluding hydrogens is 294 g/mol. The number of halogens is 1. The van der Waals surface area contributed by atoms with Crippen LogP contribution in [-0.4, -0.2) is 29.6 Å². The van der Waals surface area contributed by atoms with Crippen LogP contribution in [0.25, 0.3) is 0 Å². The molecule has 1 rings (SSSR count). The Bertz CT molecular complexity index is 520. The third-order valence-electron chi connectivity index (χ3n) is 3.26. The average molecular weight is 314 g/mol. The van der Waals surface area contributed by atoms with Crippen LogP contribution in [0.1, 0.15) is 37.6 Å². The van der Waals surface area contributed by atoms with Crippen LogP contribution < -0.4 is 10.1 Å². The van der Waals surface area contributed by atoms with E-state index in [9.17, 15) is 14.7 Å². The summed E-state index contributed by atoms with van der Waals surface area (Å²) in [5, 5.41) is 10.8. The predicted molar refractivity (Wildman–Crippen MR) is 80.7 cm³/mol. The molecular formula is C15H20ClNO4. The summed E-state index contributed by atoms with van der Waals surface area (Å²) >= 11 is 6.17. The van der Waals surface area contributed by atoms with Crippen molar-refractivity contribution < 1.29 is 19.4 Å². The van der Waals surface area contributed by atoms with Gasteiger partial charge in [0.25, 0.3) is 0 Å². The van der Waals surface area contributed by atoms with Gasteiger partial charge in [0.15, 0.2) is 0 Å². The number of alkyl halides is 1. The number of para-hydroxylation sites is 1. The fourth-order valence-electron chi connectivity index (χ4n) is 2.08. The number of carbonyl (C=O) groups is 2. The number of methoxy groups -OCH3 is 1. The molecule has 0 fully saturated rings. The number of carboxylic acid groups (broad SMARTS) is 1. The van der Waals surface area contributed by atoms with Gasteiger partial charge in [-0.1, -0.05) is 31.5 Å². The van der Waals surface area contributed by atoms with Crippen molar-refractivity contribution in [2.75, 3.05) is 7.11 Å². The first-order valence-electron chi connectivity index (χ1n) is 6.68. The van der Waals surface area contributed by atoms with Crippen molar-refractivity contribution in [1.29, 1.82) is 0 Å². The van der Waals surface area contributed by atoms with Crippen LogP contribution in [0.5, 0.6) is 5.75 Å². The number of ether oxygens (including phenoxy) is 1. The molecule has 21 heavy (non-hydrogen) atoms. The monoisotopic (exact) mass is 313 g/mol. The maximum Gasteiger partial charge on any atom is 0.329 e. The standard InChI is InChI=1S/C15H20ClNO4/c1-4-9-15(2,14(19)20)17-13(18)12(16)10-7-5-6-8-11(10)21-3/h5-8,12H,4,9H2,1-3H3,(H,17,18)(H,19,20). The van der Waals surface area contributed by atoms with Crippen molar-refractivity contribution in [3.63, 3.8) is 0 Å². The molecule has 0 aliphatic rings. The number of aliphatic carboxylic acids is 1. The number of rotatable bonds is 7. The average Bonchev–Trinajstić information content (AvgIpc) is 2.46. The van der Waals surface area contributed by atoms with Crippen LogP contribution >= 0.6 is 11.6 Å². The van der Waals surface area contributed by atoms with E-state index in [0.29, 0.717) is 24.2 Å². The van der Waals surface area contributed by atoms with E-state index in [-0.39, 0.29) is 0 Å². The lowest BCUT2D eigenvalue weighted by atomic mass is 9.95. The van der Waals surface area contributed by atoms with Gasteiger partial charge in [-0.05, 0) is 19.4 Å². The largest absolute Gasteiger partial charge is 0.496 e. The molecule has 0 aliphatic carbocycles. The molecule has 0 aromatic heterocycles. The SMILES string of the molecule is CCCC(C)(NC(=O)C(Cl)c1ccccc1OC)C(=O)O. The third-order valence-corrected chi connectivity index (χ3v) is 3.70. The van der Waals surface area contributed by atoms with E-state index in [2.05, 4.69) is 5.32 Å². The van der Waals surface area contributed by atoms with Gasteiger partial charge in [-0.25, -0.2) is 4.79 Å². The van der Waals surface area contributed by atoms with Gasteiger partial charge in [-0.3, -0.25) is 4.79 Å². The highest BCUT2D eigenvalue weighted by Gasteiger charge is 2.36. The minimum atomic E-state index is -1.33. The first kappa shape index (κ1) is 17.3. The van der Waals surface area contributed by atoms with E-state index < -0.39 is 22.8 Å². The second kappa shape index (κ2) is 7.31. The van der Waals surface area contributed by atoms with Crippen molar-refractivity contribution in [3.8, 4) is 5.75 Å². The first-order valence-corrected chi connectivity index (χ1v) is 7.11. The zero-order chi connectivity index (χ0) is 16.0. The van der Waals surface area contributed by atoms with Gasteiger partial charge in [0.05, 0.1) is 7.11 Å². The van der Waals surface area contributed by atoms with E-state index in [4.69, 9.17) is 16.3 Å². The molecule has 0 radical (unpaired) electrons. The van der Waals surface area contributed by atoms with Gasteiger partial charge >= 0.3 is 5.97 Å². The van der Waals surface area contributed by atoms with Crippen molar-refractivity contribution in [2.24, 2.45) is 0 Å². The fourth-order valence-corrected chi connectivity index (χ4v) is 2.31.